The number of halogens is 1. The van der Waals surface area contributed by atoms with Gasteiger partial charge in [0.2, 0.25) is 0 Å². The molecule has 5 nitrogen and oxygen atoms in total. The lowest BCUT2D eigenvalue weighted by Gasteiger charge is -2.11. The van der Waals surface area contributed by atoms with Crippen molar-refractivity contribution in [3.63, 3.8) is 0 Å². The van der Waals surface area contributed by atoms with Crippen molar-refractivity contribution in [2.45, 2.75) is 20.0 Å². The number of nitrogens with zero attached hydrogens (tertiary/aromatic N) is 2. The summed E-state index contributed by atoms with van der Waals surface area (Å²) in [6.07, 6.45) is 1.66. The quantitative estimate of drug-likeness (QED) is 0.775. The van der Waals surface area contributed by atoms with Crippen molar-refractivity contribution in [2.75, 3.05) is 12.0 Å². The first kappa shape index (κ1) is 13.2. The van der Waals surface area contributed by atoms with Crippen LogP contribution in [0.3, 0.4) is 0 Å². The normalized spacial score (nSPS) is 10.6. The van der Waals surface area contributed by atoms with Gasteiger partial charge in [-0.15, -0.1) is 0 Å². The smallest absolute Gasteiger partial charge is 0.127 e. The van der Waals surface area contributed by atoms with Crippen molar-refractivity contribution < 1.29 is 14.6 Å². The number of aromatic hydroxyl groups is 2. The van der Waals surface area contributed by atoms with Gasteiger partial charge < -0.3 is 15.5 Å². The van der Waals surface area contributed by atoms with E-state index in [1.54, 1.807) is 16.9 Å². The van der Waals surface area contributed by atoms with Gasteiger partial charge in [-0.25, -0.2) is 9.07 Å². The molecule has 0 radical (unpaired) electrons. The number of nitrogens with one attached hydrogen (secondary N) is 1. The van der Waals surface area contributed by atoms with Crippen LogP contribution in [0.25, 0.3) is 0 Å². The number of anilines is 1. The minimum atomic E-state index is -0.486. The summed E-state index contributed by atoms with van der Waals surface area (Å²) in [5.74, 6) is 0.756. The first-order valence-electron chi connectivity index (χ1n) is 5.95. The van der Waals surface area contributed by atoms with Gasteiger partial charge in [0, 0.05) is 23.7 Å². The van der Waals surface area contributed by atoms with Crippen molar-refractivity contribution in [3.8, 4) is 11.5 Å². The summed E-state index contributed by atoms with van der Waals surface area (Å²) >= 11 is 0. The molecule has 1 aromatic heterocycles. The Bertz CT molecular complexity index is 569. The van der Waals surface area contributed by atoms with E-state index in [0.717, 1.165) is 11.4 Å². The first-order chi connectivity index (χ1) is 9.11. The number of hydrogen-bond acceptors (Lipinski definition) is 4. The molecule has 0 atom stereocenters. The van der Waals surface area contributed by atoms with Gasteiger partial charge in [-0.05, 0) is 19.1 Å². The van der Waals surface area contributed by atoms with E-state index in [9.17, 15) is 14.6 Å². The highest BCUT2D eigenvalue weighted by Crippen LogP contribution is 2.24. The van der Waals surface area contributed by atoms with Gasteiger partial charge in [0.25, 0.3) is 0 Å². The summed E-state index contributed by atoms with van der Waals surface area (Å²) in [5.41, 5.74) is 1.55. The monoisotopic (exact) mass is 265 g/mol. The van der Waals surface area contributed by atoms with Gasteiger partial charge >= 0.3 is 0 Å². The Balaban J connectivity index is 2.12. The number of phenolic OH excluding ortho intramolecular Hbond substituents is 2. The van der Waals surface area contributed by atoms with Crippen molar-refractivity contribution >= 4 is 5.82 Å². The zero-order valence-electron chi connectivity index (χ0n) is 10.6. The van der Waals surface area contributed by atoms with Crippen LogP contribution in [-0.2, 0) is 13.1 Å². The number of benzene rings is 1. The predicted octanol–water partition coefficient (Wildman–Crippen LogP) is 2.18. The molecule has 19 heavy (non-hydrogen) atoms. The van der Waals surface area contributed by atoms with Gasteiger partial charge in [0.1, 0.15) is 24.0 Å². The molecular formula is C13H16FN3O2. The summed E-state index contributed by atoms with van der Waals surface area (Å²) < 4.78 is 13.9. The van der Waals surface area contributed by atoms with Gasteiger partial charge in [-0.3, -0.25) is 0 Å². The number of aryl methyl sites for hydroxylation is 2. The summed E-state index contributed by atoms with van der Waals surface area (Å²) in [4.78, 5) is 0. The average Bonchev–Trinajstić information content (AvgIpc) is 2.70. The topological polar surface area (TPSA) is 70.3 Å². The number of hydrogen-bond donors (Lipinski definition) is 3. The van der Waals surface area contributed by atoms with Crippen molar-refractivity contribution in [1.82, 2.24) is 9.78 Å². The minimum Gasteiger partial charge on any atom is -0.508 e. The molecule has 0 amide bonds. The Morgan fingerprint density at radius 3 is 2.84 bits per heavy atom. The van der Waals surface area contributed by atoms with Crippen LogP contribution in [0.4, 0.5) is 10.2 Å². The maximum atomic E-state index is 12.4. The standard InChI is InChI=1S/C13H16FN3O2/c1-9-7-16-17(5-4-14)13(9)15-8-10-2-3-11(18)6-12(10)19/h2-3,6-7,15,18-19H,4-5,8H2,1H3. The van der Waals surface area contributed by atoms with Crippen molar-refractivity contribution in [1.29, 1.82) is 0 Å². The fourth-order valence-corrected chi connectivity index (χ4v) is 1.84. The molecule has 0 aliphatic heterocycles. The van der Waals surface area contributed by atoms with Crippen molar-refractivity contribution in [2.24, 2.45) is 0 Å². The molecule has 102 valence electrons. The van der Waals surface area contributed by atoms with Crippen LogP contribution in [0.5, 0.6) is 11.5 Å². The number of phenols is 2. The summed E-state index contributed by atoms with van der Waals surface area (Å²) in [7, 11) is 0. The second-order valence-corrected chi connectivity index (χ2v) is 4.25. The van der Waals surface area contributed by atoms with Gasteiger partial charge in [0.15, 0.2) is 0 Å². The van der Waals surface area contributed by atoms with E-state index >= 15 is 0 Å². The molecule has 1 heterocycles. The second kappa shape index (κ2) is 5.60. The highest BCUT2D eigenvalue weighted by atomic mass is 19.1. The summed E-state index contributed by atoms with van der Waals surface area (Å²) in [6.45, 7) is 1.95. The van der Waals surface area contributed by atoms with Gasteiger partial charge in [-0.2, -0.15) is 5.10 Å². The maximum Gasteiger partial charge on any atom is 0.127 e. The zero-order valence-corrected chi connectivity index (χ0v) is 10.6. The molecule has 2 rings (SSSR count). The van der Waals surface area contributed by atoms with E-state index in [-0.39, 0.29) is 18.0 Å². The molecule has 0 aliphatic rings. The van der Waals surface area contributed by atoms with Crippen LogP contribution in [0.1, 0.15) is 11.1 Å². The van der Waals surface area contributed by atoms with Crippen LogP contribution in [0, 0.1) is 6.92 Å². The number of aromatic nitrogens is 2. The molecule has 0 bridgehead atoms. The first-order valence-corrected chi connectivity index (χ1v) is 5.95. The maximum absolute atomic E-state index is 12.4. The molecular weight excluding hydrogens is 249 g/mol. The van der Waals surface area contributed by atoms with E-state index in [4.69, 9.17) is 0 Å². The Hall–Kier alpha value is -2.24. The third-order valence-electron chi connectivity index (χ3n) is 2.83. The average molecular weight is 265 g/mol. The van der Waals surface area contributed by atoms with E-state index in [0.29, 0.717) is 12.1 Å². The molecule has 0 saturated carbocycles. The van der Waals surface area contributed by atoms with Crippen LogP contribution >= 0.6 is 0 Å². The Labute approximate surface area is 110 Å². The SMILES string of the molecule is Cc1cnn(CCF)c1NCc1ccc(O)cc1O. The van der Waals surface area contributed by atoms with Crippen LogP contribution in [-0.4, -0.2) is 26.7 Å². The lowest BCUT2D eigenvalue weighted by molar-refractivity contribution is 0.428. The van der Waals surface area contributed by atoms with Gasteiger partial charge in [0.05, 0.1) is 12.7 Å². The summed E-state index contributed by atoms with van der Waals surface area (Å²) in [6, 6.07) is 4.41. The van der Waals surface area contributed by atoms with E-state index in [1.165, 1.54) is 12.1 Å². The van der Waals surface area contributed by atoms with Crippen LogP contribution in [0.15, 0.2) is 24.4 Å². The highest BCUT2D eigenvalue weighted by molar-refractivity contribution is 5.46. The minimum absolute atomic E-state index is 0.0138. The molecule has 6 heteroatoms. The molecule has 0 saturated heterocycles. The highest BCUT2D eigenvalue weighted by Gasteiger charge is 2.08. The third kappa shape index (κ3) is 2.96. The lowest BCUT2D eigenvalue weighted by Crippen LogP contribution is -2.10. The van der Waals surface area contributed by atoms with Gasteiger partial charge in [-0.1, -0.05) is 0 Å². The molecule has 0 fully saturated rings. The van der Waals surface area contributed by atoms with E-state index < -0.39 is 6.67 Å². The lowest BCUT2D eigenvalue weighted by atomic mass is 10.2. The van der Waals surface area contributed by atoms with Crippen LogP contribution < -0.4 is 5.32 Å². The van der Waals surface area contributed by atoms with Crippen molar-refractivity contribution in [3.05, 3.63) is 35.5 Å². The largest absolute Gasteiger partial charge is 0.508 e. The Morgan fingerprint density at radius 1 is 1.37 bits per heavy atom. The Kier molecular flexibility index (Phi) is 3.89. The molecule has 0 unspecified atom stereocenters. The molecule has 2 aromatic rings. The van der Waals surface area contributed by atoms with E-state index in [1.807, 2.05) is 6.92 Å². The molecule has 0 aliphatic carbocycles. The molecule has 1 aromatic carbocycles. The zero-order chi connectivity index (χ0) is 13.8. The predicted molar refractivity (Wildman–Crippen MR) is 70.0 cm³/mol. The third-order valence-corrected chi connectivity index (χ3v) is 2.83. The number of alkyl halides is 1. The van der Waals surface area contributed by atoms with Crippen LogP contribution in [0.2, 0.25) is 0 Å². The molecule has 3 N–H and O–H groups in total. The fourth-order valence-electron chi connectivity index (χ4n) is 1.84. The summed E-state index contributed by atoms with van der Waals surface area (Å²) in [5, 5.41) is 26.1. The van der Waals surface area contributed by atoms with E-state index in [2.05, 4.69) is 10.4 Å². The molecule has 0 spiro atoms. The Morgan fingerprint density at radius 2 is 2.16 bits per heavy atom. The number of rotatable bonds is 5. The fraction of sp³-hybridized carbons (Fsp3) is 0.308. The second-order valence-electron chi connectivity index (χ2n) is 4.25.